The van der Waals surface area contributed by atoms with Gasteiger partial charge in [0.2, 0.25) is 0 Å². The topological polar surface area (TPSA) is 29.3 Å². The van der Waals surface area contributed by atoms with Crippen LogP contribution in [0, 0.1) is 5.92 Å². The normalized spacial score (nSPS) is 29.4. The number of nitrogens with two attached hydrogens (primary N) is 1. The van der Waals surface area contributed by atoms with Crippen molar-refractivity contribution in [2.75, 3.05) is 6.54 Å². The van der Waals surface area contributed by atoms with Gasteiger partial charge in [-0.05, 0) is 18.8 Å². The predicted octanol–water partition coefficient (Wildman–Crippen LogP) is 1.37. The van der Waals surface area contributed by atoms with Crippen LogP contribution in [0.5, 0.6) is 0 Å². The molecule has 1 aliphatic heterocycles. The van der Waals surface area contributed by atoms with Gasteiger partial charge in [0.1, 0.15) is 0 Å². The number of hydrazine groups is 1. The summed E-state index contributed by atoms with van der Waals surface area (Å²) < 4.78 is 0. The number of rotatable bonds is 1. The van der Waals surface area contributed by atoms with Crippen molar-refractivity contribution in [2.24, 2.45) is 11.8 Å². The van der Waals surface area contributed by atoms with Gasteiger partial charge in [-0.3, -0.25) is 5.84 Å². The Bertz CT molecular complexity index is 101. The van der Waals surface area contributed by atoms with Crippen molar-refractivity contribution < 1.29 is 0 Å². The minimum absolute atomic E-state index is 0.633. The van der Waals surface area contributed by atoms with Crippen molar-refractivity contribution in [3.8, 4) is 0 Å². The maximum atomic E-state index is 5.81. The molecule has 60 valence electrons. The Labute approximate surface area is 63.4 Å². The summed E-state index contributed by atoms with van der Waals surface area (Å²) in [5, 5.41) is 2.01. The Morgan fingerprint density at radius 1 is 1.40 bits per heavy atom. The van der Waals surface area contributed by atoms with Gasteiger partial charge in [-0.15, -0.1) is 0 Å². The Morgan fingerprint density at radius 2 is 2.10 bits per heavy atom. The maximum absolute atomic E-state index is 5.81. The van der Waals surface area contributed by atoms with Gasteiger partial charge in [0.05, 0.1) is 0 Å². The van der Waals surface area contributed by atoms with Crippen molar-refractivity contribution >= 4 is 0 Å². The summed E-state index contributed by atoms with van der Waals surface area (Å²) in [6, 6.07) is 0.633. The van der Waals surface area contributed by atoms with E-state index in [0.717, 1.165) is 6.54 Å². The molecule has 0 radical (unpaired) electrons. The molecule has 0 aromatic rings. The molecule has 0 amide bonds. The first-order valence-corrected chi connectivity index (χ1v) is 4.23. The van der Waals surface area contributed by atoms with Crippen LogP contribution in [0.4, 0.5) is 0 Å². The molecule has 0 aromatic carbocycles. The molecule has 1 unspecified atom stereocenters. The number of hydrogen-bond donors (Lipinski definition) is 1. The monoisotopic (exact) mass is 142 g/mol. The van der Waals surface area contributed by atoms with E-state index in [0.29, 0.717) is 12.0 Å². The molecule has 0 bridgehead atoms. The molecule has 1 rings (SSSR count). The summed E-state index contributed by atoms with van der Waals surface area (Å²) >= 11 is 0. The van der Waals surface area contributed by atoms with Crippen LogP contribution >= 0.6 is 0 Å². The first-order chi connectivity index (χ1) is 4.72. The molecule has 2 nitrogen and oxygen atoms in total. The zero-order valence-corrected chi connectivity index (χ0v) is 7.01. The SMILES string of the molecule is CC(C)C1CCCCN1N. The maximum Gasteiger partial charge on any atom is 0.0264 e. The fourth-order valence-corrected chi connectivity index (χ4v) is 1.70. The first kappa shape index (κ1) is 8.02. The zero-order valence-electron chi connectivity index (χ0n) is 7.01. The van der Waals surface area contributed by atoms with E-state index in [4.69, 9.17) is 5.84 Å². The number of nitrogens with zero attached hydrogens (tertiary/aromatic N) is 1. The molecule has 1 heterocycles. The van der Waals surface area contributed by atoms with Crippen LogP contribution in [0.2, 0.25) is 0 Å². The number of piperidine rings is 1. The van der Waals surface area contributed by atoms with E-state index in [2.05, 4.69) is 13.8 Å². The van der Waals surface area contributed by atoms with Gasteiger partial charge in [-0.1, -0.05) is 20.3 Å². The lowest BCUT2D eigenvalue weighted by atomic mass is 9.94. The van der Waals surface area contributed by atoms with Crippen molar-refractivity contribution in [2.45, 2.75) is 39.2 Å². The Balaban J connectivity index is 2.40. The highest BCUT2D eigenvalue weighted by Gasteiger charge is 2.21. The quantitative estimate of drug-likeness (QED) is 0.560. The van der Waals surface area contributed by atoms with Gasteiger partial charge in [0, 0.05) is 12.6 Å². The van der Waals surface area contributed by atoms with E-state index in [9.17, 15) is 0 Å². The Hall–Kier alpha value is -0.0800. The van der Waals surface area contributed by atoms with Gasteiger partial charge >= 0.3 is 0 Å². The summed E-state index contributed by atoms with van der Waals surface area (Å²) in [6.07, 6.45) is 3.92. The number of hydrogen-bond acceptors (Lipinski definition) is 2. The van der Waals surface area contributed by atoms with Crippen LogP contribution in [0.1, 0.15) is 33.1 Å². The lowest BCUT2D eigenvalue weighted by Crippen LogP contribution is -2.47. The third kappa shape index (κ3) is 1.70. The molecule has 2 N–H and O–H groups in total. The van der Waals surface area contributed by atoms with E-state index in [1.54, 1.807) is 0 Å². The highest BCUT2D eigenvalue weighted by atomic mass is 15.4. The molecule has 1 saturated heterocycles. The van der Waals surface area contributed by atoms with Crippen LogP contribution in [0.15, 0.2) is 0 Å². The zero-order chi connectivity index (χ0) is 7.56. The van der Waals surface area contributed by atoms with Crippen LogP contribution in [-0.2, 0) is 0 Å². The van der Waals surface area contributed by atoms with E-state index in [1.807, 2.05) is 5.01 Å². The first-order valence-electron chi connectivity index (χ1n) is 4.23. The minimum Gasteiger partial charge on any atom is -0.269 e. The van der Waals surface area contributed by atoms with Gasteiger partial charge in [-0.2, -0.15) is 0 Å². The van der Waals surface area contributed by atoms with Gasteiger partial charge < -0.3 is 0 Å². The molecule has 10 heavy (non-hydrogen) atoms. The average molecular weight is 142 g/mol. The van der Waals surface area contributed by atoms with Crippen LogP contribution < -0.4 is 5.84 Å². The smallest absolute Gasteiger partial charge is 0.0264 e. The minimum atomic E-state index is 0.633. The van der Waals surface area contributed by atoms with Crippen molar-refractivity contribution in [3.63, 3.8) is 0 Å². The predicted molar refractivity (Wildman–Crippen MR) is 43.4 cm³/mol. The Morgan fingerprint density at radius 3 is 2.50 bits per heavy atom. The van der Waals surface area contributed by atoms with E-state index >= 15 is 0 Å². The largest absolute Gasteiger partial charge is 0.269 e. The van der Waals surface area contributed by atoms with Crippen LogP contribution in [0.25, 0.3) is 0 Å². The molecule has 1 aliphatic rings. The standard InChI is InChI=1S/C8H18N2/c1-7(2)8-5-3-4-6-10(8)9/h7-8H,3-6,9H2,1-2H3. The third-order valence-electron chi connectivity index (χ3n) is 2.36. The van der Waals surface area contributed by atoms with Gasteiger partial charge in [0.25, 0.3) is 0 Å². The Kier molecular flexibility index (Phi) is 2.69. The average Bonchev–Trinajstić information content (AvgIpc) is 1.88. The summed E-state index contributed by atoms with van der Waals surface area (Å²) in [7, 11) is 0. The highest BCUT2D eigenvalue weighted by Crippen LogP contribution is 2.19. The van der Waals surface area contributed by atoms with Crippen molar-refractivity contribution in [3.05, 3.63) is 0 Å². The second-order valence-corrected chi connectivity index (χ2v) is 3.54. The van der Waals surface area contributed by atoms with Crippen molar-refractivity contribution in [1.29, 1.82) is 0 Å². The second-order valence-electron chi connectivity index (χ2n) is 3.54. The third-order valence-corrected chi connectivity index (χ3v) is 2.36. The fourth-order valence-electron chi connectivity index (χ4n) is 1.70. The molecule has 0 aromatic heterocycles. The van der Waals surface area contributed by atoms with E-state index < -0.39 is 0 Å². The van der Waals surface area contributed by atoms with Gasteiger partial charge in [-0.25, -0.2) is 5.01 Å². The van der Waals surface area contributed by atoms with Gasteiger partial charge in [0.15, 0.2) is 0 Å². The molecule has 0 aliphatic carbocycles. The second kappa shape index (κ2) is 3.35. The molecular formula is C8H18N2. The lowest BCUT2D eigenvalue weighted by Gasteiger charge is -2.34. The molecule has 1 atom stereocenters. The molecule has 0 spiro atoms. The van der Waals surface area contributed by atoms with E-state index in [-0.39, 0.29) is 0 Å². The van der Waals surface area contributed by atoms with Crippen LogP contribution in [-0.4, -0.2) is 17.6 Å². The van der Waals surface area contributed by atoms with E-state index in [1.165, 1.54) is 19.3 Å². The molecule has 2 heteroatoms. The molecule has 0 saturated carbocycles. The highest BCUT2D eigenvalue weighted by molar-refractivity contribution is 4.75. The lowest BCUT2D eigenvalue weighted by molar-refractivity contribution is 0.113. The van der Waals surface area contributed by atoms with Crippen molar-refractivity contribution in [1.82, 2.24) is 5.01 Å². The summed E-state index contributed by atoms with van der Waals surface area (Å²) in [5.41, 5.74) is 0. The summed E-state index contributed by atoms with van der Waals surface area (Å²) in [6.45, 7) is 5.58. The fraction of sp³-hybridized carbons (Fsp3) is 1.00. The molecule has 1 fully saturated rings. The molecular weight excluding hydrogens is 124 g/mol. The summed E-state index contributed by atoms with van der Waals surface area (Å²) in [4.78, 5) is 0. The summed E-state index contributed by atoms with van der Waals surface area (Å²) in [5.74, 6) is 6.53. The van der Waals surface area contributed by atoms with Crippen LogP contribution in [0.3, 0.4) is 0 Å².